The number of aromatic amines is 1. The third kappa shape index (κ3) is 4.55. The van der Waals surface area contributed by atoms with Crippen molar-refractivity contribution in [2.75, 3.05) is 11.9 Å². The Labute approximate surface area is 190 Å². The molecule has 0 amide bonds. The van der Waals surface area contributed by atoms with E-state index in [9.17, 15) is 15.0 Å². The second kappa shape index (κ2) is 9.20. The molecule has 4 aromatic rings. The SMILES string of the molecule is Cc1cc(C(O)Nc2nc3cnn(C)c3n2CCC[C@H](C)CO)cc(-c2c[nH]n(C)c2=O)n1. The maximum atomic E-state index is 12.3. The van der Waals surface area contributed by atoms with Crippen LogP contribution in [0.5, 0.6) is 0 Å². The number of pyridine rings is 1. The number of aliphatic hydroxyl groups is 2. The average molecular weight is 455 g/mol. The quantitative estimate of drug-likeness (QED) is 0.282. The van der Waals surface area contributed by atoms with Crippen LogP contribution in [-0.4, -0.2) is 50.9 Å². The van der Waals surface area contributed by atoms with E-state index in [0.29, 0.717) is 35.0 Å². The Morgan fingerprint density at radius 3 is 2.73 bits per heavy atom. The lowest BCUT2D eigenvalue weighted by Crippen LogP contribution is -2.17. The minimum atomic E-state index is -1.06. The van der Waals surface area contributed by atoms with Gasteiger partial charge in [-0.25, -0.2) is 4.98 Å². The monoisotopic (exact) mass is 454 g/mol. The van der Waals surface area contributed by atoms with Crippen LogP contribution in [0, 0.1) is 12.8 Å². The van der Waals surface area contributed by atoms with Crippen LogP contribution in [0.1, 0.15) is 37.3 Å². The topological polar surface area (TPSA) is 139 Å². The van der Waals surface area contributed by atoms with Crippen molar-refractivity contribution >= 4 is 17.1 Å². The van der Waals surface area contributed by atoms with Gasteiger partial charge in [-0.3, -0.25) is 23.7 Å². The first-order valence-corrected chi connectivity index (χ1v) is 11.0. The molecule has 2 atom stereocenters. The summed E-state index contributed by atoms with van der Waals surface area (Å²) in [5.74, 6) is 0.743. The van der Waals surface area contributed by atoms with Gasteiger partial charge in [0, 0.05) is 44.7 Å². The third-order valence-corrected chi connectivity index (χ3v) is 5.79. The highest BCUT2D eigenvalue weighted by molar-refractivity contribution is 5.74. The van der Waals surface area contributed by atoms with Crippen LogP contribution in [0.15, 0.2) is 29.3 Å². The number of fused-ring (bicyclic) bond motifs is 1. The van der Waals surface area contributed by atoms with Gasteiger partial charge in [-0.1, -0.05) is 6.92 Å². The first kappa shape index (κ1) is 22.7. The fourth-order valence-corrected chi connectivity index (χ4v) is 3.94. The summed E-state index contributed by atoms with van der Waals surface area (Å²) in [6, 6.07) is 3.47. The van der Waals surface area contributed by atoms with E-state index in [1.54, 1.807) is 36.3 Å². The molecule has 0 fully saturated rings. The molecular formula is C22H30N8O3. The summed E-state index contributed by atoms with van der Waals surface area (Å²) < 4.78 is 5.12. The van der Waals surface area contributed by atoms with Crippen molar-refractivity contribution < 1.29 is 10.2 Å². The van der Waals surface area contributed by atoms with Crippen LogP contribution >= 0.6 is 0 Å². The number of nitrogens with one attached hydrogen (secondary N) is 2. The van der Waals surface area contributed by atoms with Crippen molar-refractivity contribution in [1.82, 2.24) is 34.1 Å². The number of H-pyrrole nitrogens is 1. The number of anilines is 1. The average Bonchev–Trinajstić information content (AvgIpc) is 3.43. The molecule has 4 aromatic heterocycles. The minimum absolute atomic E-state index is 0.156. The summed E-state index contributed by atoms with van der Waals surface area (Å²) in [5, 5.41) is 30.6. The van der Waals surface area contributed by atoms with Crippen LogP contribution < -0.4 is 10.9 Å². The second-order valence-electron chi connectivity index (χ2n) is 8.52. The molecule has 176 valence electrons. The predicted octanol–water partition coefficient (Wildman–Crippen LogP) is 1.68. The molecule has 0 spiro atoms. The second-order valence-corrected chi connectivity index (χ2v) is 8.52. The van der Waals surface area contributed by atoms with Crippen molar-refractivity contribution in [3.63, 3.8) is 0 Å². The van der Waals surface area contributed by atoms with E-state index in [0.717, 1.165) is 24.0 Å². The molecule has 0 aliphatic carbocycles. The third-order valence-electron chi connectivity index (χ3n) is 5.79. The maximum absolute atomic E-state index is 12.3. The Morgan fingerprint density at radius 2 is 2.03 bits per heavy atom. The molecule has 33 heavy (non-hydrogen) atoms. The normalized spacial score (nSPS) is 13.5. The number of aromatic nitrogens is 7. The van der Waals surface area contributed by atoms with Gasteiger partial charge in [0.05, 0.1) is 17.5 Å². The van der Waals surface area contributed by atoms with E-state index >= 15 is 0 Å². The molecule has 0 aliphatic rings. The Hall–Kier alpha value is -3.44. The van der Waals surface area contributed by atoms with Gasteiger partial charge in [0.1, 0.15) is 5.52 Å². The van der Waals surface area contributed by atoms with Crippen molar-refractivity contribution in [1.29, 1.82) is 0 Å². The fraction of sp³-hybridized carbons (Fsp3) is 0.455. The van der Waals surface area contributed by atoms with Gasteiger partial charge >= 0.3 is 0 Å². The summed E-state index contributed by atoms with van der Waals surface area (Å²) >= 11 is 0. The minimum Gasteiger partial charge on any atom is -0.396 e. The van der Waals surface area contributed by atoms with Gasteiger partial charge in [0.15, 0.2) is 11.9 Å². The first-order valence-electron chi connectivity index (χ1n) is 11.0. The van der Waals surface area contributed by atoms with Crippen LogP contribution in [-0.2, 0) is 20.6 Å². The Balaban J connectivity index is 1.63. The lowest BCUT2D eigenvalue weighted by Gasteiger charge is -2.17. The molecule has 4 N–H and O–H groups in total. The van der Waals surface area contributed by atoms with Gasteiger partial charge < -0.3 is 20.6 Å². The first-order chi connectivity index (χ1) is 15.8. The summed E-state index contributed by atoms with van der Waals surface area (Å²) in [6.07, 6.45) is 3.95. The molecule has 0 aromatic carbocycles. The lowest BCUT2D eigenvalue weighted by atomic mass is 10.1. The molecule has 11 nitrogen and oxygen atoms in total. The zero-order valence-corrected chi connectivity index (χ0v) is 19.3. The number of nitrogens with zero attached hydrogens (tertiary/aromatic N) is 6. The molecule has 0 bridgehead atoms. The number of hydrogen-bond donors (Lipinski definition) is 4. The number of rotatable bonds is 9. The van der Waals surface area contributed by atoms with E-state index in [1.807, 2.05) is 25.5 Å². The highest BCUT2D eigenvalue weighted by Gasteiger charge is 2.19. The molecule has 4 rings (SSSR count). The smallest absolute Gasteiger partial charge is 0.275 e. The summed E-state index contributed by atoms with van der Waals surface area (Å²) in [6.45, 7) is 4.65. The van der Waals surface area contributed by atoms with Crippen molar-refractivity contribution in [2.45, 2.75) is 39.5 Å². The molecule has 4 heterocycles. The van der Waals surface area contributed by atoms with Gasteiger partial charge in [0.2, 0.25) is 5.95 Å². The zero-order valence-electron chi connectivity index (χ0n) is 19.3. The molecule has 0 saturated carbocycles. The van der Waals surface area contributed by atoms with Crippen molar-refractivity contribution in [3.8, 4) is 11.3 Å². The largest absolute Gasteiger partial charge is 0.396 e. The fourth-order valence-electron chi connectivity index (χ4n) is 3.94. The van der Waals surface area contributed by atoms with Gasteiger partial charge in [-0.15, -0.1) is 0 Å². The van der Waals surface area contributed by atoms with E-state index in [1.165, 1.54) is 4.68 Å². The number of hydrogen-bond acceptors (Lipinski definition) is 7. The van der Waals surface area contributed by atoms with Crippen LogP contribution in [0.2, 0.25) is 0 Å². The molecular weight excluding hydrogens is 424 g/mol. The lowest BCUT2D eigenvalue weighted by molar-refractivity contribution is 0.206. The number of aryl methyl sites for hydroxylation is 4. The molecule has 0 radical (unpaired) electrons. The van der Waals surface area contributed by atoms with E-state index in [-0.39, 0.29) is 18.1 Å². The van der Waals surface area contributed by atoms with Crippen LogP contribution in [0.25, 0.3) is 22.4 Å². The Kier molecular flexibility index (Phi) is 6.34. The molecule has 0 aliphatic heterocycles. The maximum Gasteiger partial charge on any atom is 0.275 e. The highest BCUT2D eigenvalue weighted by Crippen LogP contribution is 2.25. The Morgan fingerprint density at radius 1 is 1.24 bits per heavy atom. The molecule has 0 saturated heterocycles. The van der Waals surface area contributed by atoms with Gasteiger partial charge in [-0.2, -0.15) is 5.10 Å². The highest BCUT2D eigenvalue weighted by atomic mass is 16.3. The van der Waals surface area contributed by atoms with E-state index in [2.05, 4.69) is 25.5 Å². The molecule has 1 unspecified atom stereocenters. The predicted molar refractivity (Wildman–Crippen MR) is 125 cm³/mol. The van der Waals surface area contributed by atoms with E-state index in [4.69, 9.17) is 0 Å². The zero-order chi connectivity index (χ0) is 23.7. The molecule has 11 heteroatoms. The van der Waals surface area contributed by atoms with Crippen molar-refractivity contribution in [3.05, 3.63) is 46.1 Å². The van der Waals surface area contributed by atoms with Gasteiger partial charge in [-0.05, 0) is 37.8 Å². The van der Waals surface area contributed by atoms with Gasteiger partial charge in [0.25, 0.3) is 5.56 Å². The van der Waals surface area contributed by atoms with Crippen LogP contribution in [0.4, 0.5) is 5.95 Å². The number of aliphatic hydroxyl groups excluding tert-OH is 2. The van der Waals surface area contributed by atoms with E-state index < -0.39 is 6.23 Å². The van der Waals surface area contributed by atoms with Crippen LogP contribution in [0.3, 0.4) is 0 Å². The summed E-state index contributed by atoms with van der Waals surface area (Å²) in [5.41, 5.74) is 3.57. The standard InChI is InChI=1S/C22H30N8O3/c1-13(12-31)6-5-7-30-20-18(11-24-28(20)3)26-22(30)27-19(32)15-8-14(2)25-17(9-15)16-10-23-29(4)21(16)33/h8-11,13,19,23,31-32H,5-7,12H2,1-4H3,(H,26,27)/t13-,19?/m0/s1. The summed E-state index contributed by atoms with van der Waals surface area (Å²) in [4.78, 5) is 21.4. The Bertz CT molecular complexity index is 1320. The number of imidazole rings is 1. The van der Waals surface area contributed by atoms with Crippen molar-refractivity contribution in [2.24, 2.45) is 20.0 Å². The summed E-state index contributed by atoms with van der Waals surface area (Å²) in [7, 11) is 3.49.